The van der Waals surface area contributed by atoms with Gasteiger partial charge in [0, 0.05) is 18.2 Å². The minimum absolute atomic E-state index is 0.345. The SMILES string of the molecule is COc1ccccc1CNC(=S)NC(C)C. The first-order valence-corrected chi connectivity index (χ1v) is 5.70. The van der Waals surface area contributed by atoms with Gasteiger partial charge in [-0.1, -0.05) is 18.2 Å². The molecule has 4 heteroatoms. The molecule has 0 aliphatic heterocycles. The smallest absolute Gasteiger partial charge is 0.166 e. The molecule has 0 amide bonds. The fourth-order valence-electron chi connectivity index (χ4n) is 1.34. The van der Waals surface area contributed by atoms with Crippen molar-refractivity contribution in [3.8, 4) is 5.75 Å². The first-order valence-electron chi connectivity index (χ1n) is 5.29. The van der Waals surface area contributed by atoms with E-state index in [0.717, 1.165) is 11.3 Å². The highest BCUT2D eigenvalue weighted by atomic mass is 32.1. The van der Waals surface area contributed by atoms with Crippen molar-refractivity contribution in [1.82, 2.24) is 10.6 Å². The summed E-state index contributed by atoms with van der Waals surface area (Å²) in [5.74, 6) is 0.877. The zero-order valence-electron chi connectivity index (χ0n) is 9.91. The van der Waals surface area contributed by atoms with Gasteiger partial charge >= 0.3 is 0 Å². The molecule has 0 atom stereocenters. The molecule has 0 unspecified atom stereocenters. The van der Waals surface area contributed by atoms with Gasteiger partial charge in [0.1, 0.15) is 5.75 Å². The van der Waals surface area contributed by atoms with E-state index in [4.69, 9.17) is 17.0 Å². The van der Waals surface area contributed by atoms with E-state index in [1.54, 1.807) is 7.11 Å². The molecule has 1 aromatic rings. The van der Waals surface area contributed by atoms with Crippen LogP contribution in [0, 0.1) is 0 Å². The summed E-state index contributed by atoms with van der Waals surface area (Å²) in [4.78, 5) is 0. The third kappa shape index (κ3) is 4.06. The van der Waals surface area contributed by atoms with Crippen molar-refractivity contribution < 1.29 is 4.74 Å². The van der Waals surface area contributed by atoms with E-state index in [9.17, 15) is 0 Å². The van der Waals surface area contributed by atoms with Gasteiger partial charge in [-0.2, -0.15) is 0 Å². The molecule has 2 N–H and O–H groups in total. The maximum atomic E-state index is 5.26. The summed E-state index contributed by atoms with van der Waals surface area (Å²) in [5.41, 5.74) is 1.10. The van der Waals surface area contributed by atoms with Crippen LogP contribution < -0.4 is 15.4 Å². The number of para-hydroxylation sites is 1. The van der Waals surface area contributed by atoms with Crippen molar-refractivity contribution in [1.29, 1.82) is 0 Å². The van der Waals surface area contributed by atoms with E-state index in [0.29, 0.717) is 17.7 Å². The van der Waals surface area contributed by atoms with E-state index < -0.39 is 0 Å². The third-order valence-electron chi connectivity index (χ3n) is 2.05. The molecule has 0 aromatic heterocycles. The molecule has 0 spiro atoms. The lowest BCUT2D eigenvalue weighted by Gasteiger charge is -2.14. The summed E-state index contributed by atoms with van der Waals surface area (Å²) in [6, 6.07) is 8.24. The molecule has 0 aliphatic carbocycles. The molecule has 1 rings (SSSR count). The lowest BCUT2D eigenvalue weighted by Crippen LogP contribution is -2.38. The second-order valence-electron chi connectivity index (χ2n) is 3.79. The van der Waals surface area contributed by atoms with Crippen LogP contribution in [0.3, 0.4) is 0 Å². The van der Waals surface area contributed by atoms with Crippen molar-refractivity contribution >= 4 is 17.3 Å². The standard InChI is InChI=1S/C12H18N2OS/c1-9(2)14-12(16)13-8-10-6-4-5-7-11(10)15-3/h4-7,9H,8H2,1-3H3,(H2,13,14,16). The molecule has 0 fully saturated rings. The van der Waals surface area contributed by atoms with Crippen LogP contribution in [0.15, 0.2) is 24.3 Å². The minimum atomic E-state index is 0.345. The molecular formula is C12H18N2OS. The largest absolute Gasteiger partial charge is 0.496 e. The molecule has 0 saturated heterocycles. The summed E-state index contributed by atoms with van der Waals surface area (Å²) in [6.07, 6.45) is 0. The highest BCUT2D eigenvalue weighted by Crippen LogP contribution is 2.16. The van der Waals surface area contributed by atoms with Gasteiger partial charge < -0.3 is 15.4 Å². The van der Waals surface area contributed by atoms with Gasteiger partial charge in [0.15, 0.2) is 5.11 Å². The first kappa shape index (κ1) is 12.8. The Kier molecular flexibility index (Phi) is 5.05. The molecule has 1 aromatic carbocycles. The van der Waals surface area contributed by atoms with Crippen LogP contribution in [0.4, 0.5) is 0 Å². The Balaban J connectivity index is 2.51. The van der Waals surface area contributed by atoms with Gasteiger partial charge in [-0.25, -0.2) is 0 Å². The molecule has 0 aliphatic rings. The van der Waals surface area contributed by atoms with Gasteiger partial charge in [0.05, 0.1) is 7.11 Å². The molecular weight excluding hydrogens is 220 g/mol. The van der Waals surface area contributed by atoms with Crippen molar-refractivity contribution in [2.75, 3.05) is 7.11 Å². The summed E-state index contributed by atoms with van der Waals surface area (Å²) < 4.78 is 5.26. The maximum absolute atomic E-state index is 5.26. The Hall–Kier alpha value is -1.29. The monoisotopic (exact) mass is 238 g/mol. The molecule has 0 radical (unpaired) electrons. The summed E-state index contributed by atoms with van der Waals surface area (Å²) in [6.45, 7) is 4.77. The quantitative estimate of drug-likeness (QED) is 0.787. The second kappa shape index (κ2) is 6.33. The number of hydrogen-bond acceptors (Lipinski definition) is 2. The Bertz CT molecular complexity index is 353. The van der Waals surface area contributed by atoms with Gasteiger partial charge in [-0.05, 0) is 32.1 Å². The van der Waals surface area contributed by atoms with E-state index in [-0.39, 0.29) is 0 Å². The summed E-state index contributed by atoms with van der Waals surface area (Å²) in [5, 5.41) is 6.94. The number of benzene rings is 1. The molecule has 0 bridgehead atoms. The number of thiocarbonyl (C=S) groups is 1. The Morgan fingerprint density at radius 1 is 1.38 bits per heavy atom. The average Bonchev–Trinajstić information content (AvgIpc) is 2.26. The highest BCUT2D eigenvalue weighted by Gasteiger charge is 2.02. The zero-order valence-corrected chi connectivity index (χ0v) is 10.7. The van der Waals surface area contributed by atoms with Gasteiger partial charge in [0.2, 0.25) is 0 Å². The van der Waals surface area contributed by atoms with Crippen LogP contribution in [-0.4, -0.2) is 18.3 Å². The summed E-state index contributed by atoms with van der Waals surface area (Å²) >= 11 is 5.15. The second-order valence-corrected chi connectivity index (χ2v) is 4.20. The van der Waals surface area contributed by atoms with E-state index in [1.807, 2.05) is 24.3 Å². The average molecular weight is 238 g/mol. The number of hydrogen-bond donors (Lipinski definition) is 2. The Morgan fingerprint density at radius 3 is 2.69 bits per heavy atom. The van der Waals surface area contributed by atoms with Crippen LogP contribution in [0.1, 0.15) is 19.4 Å². The van der Waals surface area contributed by atoms with Crippen LogP contribution in [0.2, 0.25) is 0 Å². The number of ether oxygens (including phenoxy) is 1. The predicted octanol–water partition coefficient (Wildman–Crippen LogP) is 2.07. The number of nitrogens with one attached hydrogen (secondary N) is 2. The molecule has 16 heavy (non-hydrogen) atoms. The van der Waals surface area contributed by atoms with Gasteiger partial charge in [0.25, 0.3) is 0 Å². The Morgan fingerprint density at radius 2 is 2.06 bits per heavy atom. The van der Waals surface area contributed by atoms with Crippen molar-refractivity contribution in [3.63, 3.8) is 0 Å². The topological polar surface area (TPSA) is 33.3 Å². The van der Waals surface area contributed by atoms with Gasteiger partial charge in [-0.15, -0.1) is 0 Å². The van der Waals surface area contributed by atoms with Crippen LogP contribution >= 0.6 is 12.2 Å². The van der Waals surface area contributed by atoms with Gasteiger partial charge in [-0.3, -0.25) is 0 Å². The zero-order chi connectivity index (χ0) is 12.0. The molecule has 0 saturated carbocycles. The fourth-order valence-corrected chi connectivity index (χ4v) is 1.65. The number of rotatable bonds is 4. The molecule has 3 nitrogen and oxygen atoms in total. The third-order valence-corrected chi connectivity index (χ3v) is 2.31. The fraction of sp³-hybridized carbons (Fsp3) is 0.417. The van der Waals surface area contributed by atoms with Crippen molar-refractivity contribution in [2.45, 2.75) is 26.4 Å². The predicted molar refractivity (Wildman–Crippen MR) is 70.7 cm³/mol. The number of methoxy groups -OCH3 is 1. The van der Waals surface area contributed by atoms with Crippen LogP contribution in [0.25, 0.3) is 0 Å². The summed E-state index contributed by atoms with van der Waals surface area (Å²) in [7, 11) is 1.67. The first-order chi connectivity index (χ1) is 7.63. The lowest BCUT2D eigenvalue weighted by atomic mass is 10.2. The molecule has 88 valence electrons. The van der Waals surface area contributed by atoms with Crippen LogP contribution in [-0.2, 0) is 6.54 Å². The Labute approximate surface area is 102 Å². The minimum Gasteiger partial charge on any atom is -0.496 e. The van der Waals surface area contributed by atoms with Crippen LogP contribution in [0.5, 0.6) is 5.75 Å². The van der Waals surface area contributed by atoms with Crippen molar-refractivity contribution in [3.05, 3.63) is 29.8 Å². The molecule has 0 heterocycles. The highest BCUT2D eigenvalue weighted by molar-refractivity contribution is 7.80. The van der Waals surface area contributed by atoms with Crippen molar-refractivity contribution in [2.24, 2.45) is 0 Å². The van der Waals surface area contributed by atoms with E-state index >= 15 is 0 Å². The normalized spacial score (nSPS) is 10.0. The van der Waals surface area contributed by atoms with E-state index in [2.05, 4.69) is 24.5 Å². The van der Waals surface area contributed by atoms with E-state index in [1.165, 1.54) is 0 Å². The maximum Gasteiger partial charge on any atom is 0.166 e. The lowest BCUT2D eigenvalue weighted by molar-refractivity contribution is 0.409.